The van der Waals surface area contributed by atoms with Gasteiger partial charge in [0.05, 0.1) is 11.4 Å². The number of carbonyl (C=O) groups excluding carboxylic acids is 1. The highest BCUT2D eigenvalue weighted by atomic mass is 35.5. The van der Waals surface area contributed by atoms with Crippen LogP contribution >= 0.6 is 11.6 Å². The fraction of sp³-hybridized carbons (Fsp3) is 0.0909. The summed E-state index contributed by atoms with van der Waals surface area (Å²) in [7, 11) is 0. The van der Waals surface area contributed by atoms with Crippen molar-refractivity contribution >= 4 is 28.8 Å². The van der Waals surface area contributed by atoms with Crippen LogP contribution in [-0.2, 0) is 5.54 Å². The van der Waals surface area contributed by atoms with Gasteiger partial charge in [-0.1, -0.05) is 66.2 Å². The van der Waals surface area contributed by atoms with Crippen LogP contribution in [0.2, 0.25) is 5.02 Å². The first kappa shape index (κ1) is 15.4. The molecule has 0 radical (unpaired) electrons. The lowest BCUT2D eigenvalue weighted by molar-refractivity contribution is 0.0908. The van der Waals surface area contributed by atoms with E-state index in [1.54, 1.807) is 0 Å². The van der Waals surface area contributed by atoms with Gasteiger partial charge in [-0.15, -0.1) is 0 Å². The highest BCUT2D eigenvalue weighted by Gasteiger charge is 2.56. The Bertz CT molecular complexity index is 1040. The van der Waals surface area contributed by atoms with Crippen molar-refractivity contribution in [2.45, 2.75) is 12.0 Å². The van der Waals surface area contributed by atoms with E-state index in [0.717, 1.165) is 28.1 Å². The number of fused-ring (bicyclic) bond motifs is 3. The summed E-state index contributed by atoms with van der Waals surface area (Å²) < 4.78 is 0. The molecule has 1 atom stereocenters. The van der Waals surface area contributed by atoms with Crippen molar-refractivity contribution in [3.8, 4) is 0 Å². The van der Waals surface area contributed by atoms with E-state index in [1.165, 1.54) is 0 Å². The molecular formula is C22H15ClN2O. The van der Waals surface area contributed by atoms with Crippen LogP contribution in [0.25, 0.3) is 0 Å². The summed E-state index contributed by atoms with van der Waals surface area (Å²) in [6.45, 7) is 0. The van der Waals surface area contributed by atoms with Crippen molar-refractivity contribution in [3.05, 3.63) is 101 Å². The third kappa shape index (κ3) is 2.01. The van der Waals surface area contributed by atoms with E-state index in [2.05, 4.69) is 0 Å². The van der Waals surface area contributed by atoms with E-state index >= 15 is 0 Å². The predicted molar refractivity (Wildman–Crippen MR) is 104 cm³/mol. The summed E-state index contributed by atoms with van der Waals surface area (Å²) in [6, 6.07) is 25.3. The van der Waals surface area contributed by atoms with Gasteiger partial charge in [-0.05, 0) is 35.4 Å². The van der Waals surface area contributed by atoms with Crippen molar-refractivity contribution in [2.24, 2.45) is 5.10 Å². The minimum atomic E-state index is -0.834. The molecule has 2 heterocycles. The van der Waals surface area contributed by atoms with Crippen molar-refractivity contribution in [2.75, 3.05) is 5.01 Å². The largest absolute Gasteiger partial charge is 0.291 e. The molecule has 26 heavy (non-hydrogen) atoms. The second kappa shape index (κ2) is 5.55. The number of ketones is 1. The number of carbonyl (C=O) groups is 1. The highest BCUT2D eigenvalue weighted by Crippen LogP contribution is 2.51. The van der Waals surface area contributed by atoms with Crippen molar-refractivity contribution < 1.29 is 4.79 Å². The van der Waals surface area contributed by atoms with Crippen LogP contribution in [0.5, 0.6) is 0 Å². The molecule has 0 saturated heterocycles. The smallest absolute Gasteiger partial charge is 0.197 e. The van der Waals surface area contributed by atoms with E-state index in [0.29, 0.717) is 11.4 Å². The van der Waals surface area contributed by atoms with Crippen LogP contribution in [-0.4, -0.2) is 11.5 Å². The molecule has 0 saturated carbocycles. The van der Waals surface area contributed by atoms with Crippen LogP contribution in [0.1, 0.15) is 27.9 Å². The number of para-hydroxylation sites is 1. The maximum absolute atomic E-state index is 13.5. The molecule has 3 nitrogen and oxygen atoms in total. The molecule has 0 fully saturated rings. The normalized spacial score (nSPS) is 20.7. The van der Waals surface area contributed by atoms with E-state index < -0.39 is 5.54 Å². The van der Waals surface area contributed by atoms with Crippen LogP contribution in [0, 0.1) is 0 Å². The van der Waals surface area contributed by atoms with Gasteiger partial charge in [-0.25, -0.2) is 5.01 Å². The fourth-order valence-corrected chi connectivity index (χ4v) is 4.07. The number of rotatable bonds is 2. The Morgan fingerprint density at radius 1 is 0.885 bits per heavy atom. The molecule has 2 aliphatic rings. The van der Waals surface area contributed by atoms with Crippen molar-refractivity contribution in [1.82, 2.24) is 0 Å². The lowest BCUT2D eigenvalue weighted by atomic mass is 9.81. The molecule has 0 aliphatic carbocycles. The molecule has 3 aromatic carbocycles. The average Bonchev–Trinajstić information content (AvgIpc) is 3.19. The molecule has 5 rings (SSSR count). The summed E-state index contributed by atoms with van der Waals surface area (Å²) in [4.78, 5) is 13.5. The van der Waals surface area contributed by atoms with Crippen LogP contribution in [0.4, 0.5) is 5.69 Å². The molecular weight excluding hydrogens is 344 g/mol. The minimum Gasteiger partial charge on any atom is -0.291 e. The van der Waals surface area contributed by atoms with Crippen molar-refractivity contribution in [1.29, 1.82) is 0 Å². The first-order valence-corrected chi connectivity index (χ1v) is 8.91. The molecule has 4 heteroatoms. The van der Waals surface area contributed by atoms with Gasteiger partial charge < -0.3 is 0 Å². The molecule has 0 bridgehead atoms. The van der Waals surface area contributed by atoms with E-state index in [4.69, 9.17) is 16.7 Å². The number of hydrogen-bond donors (Lipinski definition) is 0. The third-order valence-corrected chi connectivity index (χ3v) is 5.44. The topological polar surface area (TPSA) is 32.7 Å². The second-order valence-corrected chi connectivity index (χ2v) is 7.05. The Hall–Kier alpha value is -2.91. The van der Waals surface area contributed by atoms with Gasteiger partial charge >= 0.3 is 0 Å². The van der Waals surface area contributed by atoms with Crippen molar-refractivity contribution in [3.63, 3.8) is 0 Å². The molecule has 0 spiro atoms. The number of halogens is 1. The number of anilines is 1. The summed E-state index contributed by atoms with van der Waals surface area (Å²) in [6.07, 6.45) is 0.534. The zero-order valence-electron chi connectivity index (χ0n) is 13.9. The molecule has 0 aromatic heterocycles. The standard InChI is InChI=1S/C22H15ClN2O/c23-17-12-10-16(11-13-17)22-14-19(15-6-2-1-3-7-15)24-25(22)20-9-5-4-8-18(20)21(22)26/h1-13H,14H2. The maximum Gasteiger partial charge on any atom is 0.197 e. The number of hydrogen-bond acceptors (Lipinski definition) is 3. The zero-order chi connectivity index (χ0) is 17.7. The van der Waals surface area contributed by atoms with Gasteiger partial charge in [-0.3, -0.25) is 4.79 Å². The lowest BCUT2D eigenvalue weighted by Gasteiger charge is -2.30. The molecule has 0 amide bonds. The highest BCUT2D eigenvalue weighted by molar-refractivity contribution is 6.30. The van der Waals surface area contributed by atoms with Gasteiger partial charge in [0, 0.05) is 17.0 Å². The number of hydrazone groups is 1. The summed E-state index contributed by atoms with van der Waals surface area (Å²) >= 11 is 6.08. The fourth-order valence-electron chi connectivity index (χ4n) is 3.94. The van der Waals surface area contributed by atoms with E-state index in [1.807, 2.05) is 83.9 Å². The predicted octanol–water partition coefficient (Wildman–Crippen LogP) is 5.05. The Morgan fingerprint density at radius 3 is 2.35 bits per heavy atom. The summed E-state index contributed by atoms with van der Waals surface area (Å²) in [5, 5.41) is 7.43. The molecule has 1 unspecified atom stereocenters. The van der Waals surface area contributed by atoms with Gasteiger partial charge in [0.15, 0.2) is 11.3 Å². The van der Waals surface area contributed by atoms with Crippen LogP contribution < -0.4 is 5.01 Å². The third-order valence-electron chi connectivity index (χ3n) is 5.19. The van der Waals surface area contributed by atoms with Crippen LogP contribution in [0.15, 0.2) is 84.0 Å². The first-order valence-electron chi connectivity index (χ1n) is 8.53. The van der Waals surface area contributed by atoms with Gasteiger partial charge in [-0.2, -0.15) is 5.10 Å². The molecule has 0 N–H and O–H groups in total. The Morgan fingerprint density at radius 2 is 1.58 bits per heavy atom. The van der Waals surface area contributed by atoms with Gasteiger partial charge in [0.25, 0.3) is 0 Å². The number of Topliss-reactive ketones (excluding diaryl/α,β-unsaturated/α-hetero) is 1. The SMILES string of the molecule is O=C1c2ccccc2N2N=C(c3ccccc3)CC12c1ccc(Cl)cc1. The van der Waals surface area contributed by atoms with E-state index in [-0.39, 0.29) is 5.78 Å². The number of benzene rings is 3. The Balaban J connectivity index is 1.72. The monoisotopic (exact) mass is 358 g/mol. The van der Waals surface area contributed by atoms with Gasteiger partial charge in [0.2, 0.25) is 0 Å². The quantitative estimate of drug-likeness (QED) is 0.642. The van der Waals surface area contributed by atoms with Crippen LogP contribution in [0.3, 0.4) is 0 Å². The zero-order valence-corrected chi connectivity index (χ0v) is 14.6. The Kier molecular flexibility index (Phi) is 3.28. The maximum atomic E-state index is 13.5. The summed E-state index contributed by atoms with van der Waals surface area (Å²) in [5.74, 6) is 0.0881. The second-order valence-electron chi connectivity index (χ2n) is 6.61. The molecule has 2 aliphatic heterocycles. The van der Waals surface area contributed by atoms with Gasteiger partial charge in [0.1, 0.15) is 0 Å². The molecule has 3 aromatic rings. The molecule has 126 valence electrons. The summed E-state index contributed by atoms with van der Waals surface area (Å²) in [5.41, 5.74) is 3.62. The van der Waals surface area contributed by atoms with E-state index in [9.17, 15) is 4.79 Å². The Labute approximate surface area is 156 Å². The number of nitrogens with zero attached hydrogens (tertiary/aromatic N) is 2. The average molecular weight is 359 g/mol. The minimum absolute atomic E-state index is 0.0881. The first-order chi connectivity index (χ1) is 12.7. The lowest BCUT2D eigenvalue weighted by Crippen LogP contribution is -2.42.